The first-order chi connectivity index (χ1) is 13.6. The van der Waals surface area contributed by atoms with E-state index >= 15 is 0 Å². The number of imide groups is 1. The molecule has 1 atom stereocenters. The van der Waals surface area contributed by atoms with Gasteiger partial charge in [0.25, 0.3) is 5.91 Å². The van der Waals surface area contributed by atoms with Crippen LogP contribution in [0.25, 0.3) is 0 Å². The molecule has 3 aromatic rings. The number of aromatic nitrogens is 1. The average Bonchev–Trinajstić information content (AvgIpc) is 2.71. The van der Waals surface area contributed by atoms with E-state index in [1.807, 2.05) is 61.5 Å². The molecule has 5 heteroatoms. The van der Waals surface area contributed by atoms with E-state index in [4.69, 9.17) is 0 Å². The highest BCUT2D eigenvalue weighted by Gasteiger charge is 2.38. The molecule has 28 heavy (non-hydrogen) atoms. The monoisotopic (exact) mass is 369 g/mol. The number of aliphatic imine (C=N–C) groups is 1. The minimum absolute atomic E-state index is 0.293. The van der Waals surface area contributed by atoms with Crippen LogP contribution in [0.2, 0.25) is 0 Å². The zero-order valence-electron chi connectivity index (χ0n) is 15.4. The summed E-state index contributed by atoms with van der Waals surface area (Å²) in [5, 5.41) is 0. The molecule has 138 valence electrons. The van der Waals surface area contributed by atoms with Crippen molar-refractivity contribution in [3.63, 3.8) is 0 Å². The number of aryl methyl sites for hydroxylation is 1. The van der Waals surface area contributed by atoms with E-state index in [-0.39, 0.29) is 11.8 Å². The van der Waals surface area contributed by atoms with Crippen molar-refractivity contribution in [1.29, 1.82) is 0 Å². The lowest BCUT2D eigenvalue weighted by molar-refractivity contribution is -0.118. The van der Waals surface area contributed by atoms with Gasteiger partial charge in [-0.25, -0.2) is 4.90 Å². The summed E-state index contributed by atoms with van der Waals surface area (Å²) in [6.45, 7) is 2.31. The summed E-state index contributed by atoms with van der Waals surface area (Å²) < 4.78 is 0. The number of pyridine rings is 1. The minimum Gasteiger partial charge on any atom is -0.290 e. The van der Waals surface area contributed by atoms with Crippen LogP contribution in [0, 0.1) is 6.92 Å². The molecule has 2 aromatic carbocycles. The van der Waals surface area contributed by atoms with Crippen LogP contribution in [0.5, 0.6) is 0 Å². The van der Waals surface area contributed by atoms with Gasteiger partial charge in [-0.1, -0.05) is 36.4 Å². The Morgan fingerprint density at radius 1 is 1.04 bits per heavy atom. The Morgan fingerprint density at radius 2 is 1.86 bits per heavy atom. The van der Waals surface area contributed by atoms with Gasteiger partial charge < -0.3 is 0 Å². The molecule has 4 rings (SSSR count). The van der Waals surface area contributed by atoms with Gasteiger partial charge in [-0.2, -0.15) is 0 Å². The molecule has 2 heterocycles. The molecule has 0 saturated heterocycles. The van der Waals surface area contributed by atoms with E-state index < -0.39 is 5.92 Å². The Morgan fingerprint density at radius 3 is 2.64 bits per heavy atom. The molecule has 0 radical (unpaired) electrons. The predicted octanol–water partition coefficient (Wildman–Crippen LogP) is 3.93. The summed E-state index contributed by atoms with van der Waals surface area (Å²) in [6.07, 6.45) is 3.34. The lowest BCUT2D eigenvalue weighted by atomic mass is 9.88. The van der Waals surface area contributed by atoms with E-state index in [0.29, 0.717) is 23.4 Å². The van der Waals surface area contributed by atoms with Crippen LogP contribution in [-0.4, -0.2) is 23.0 Å². The van der Waals surface area contributed by atoms with Gasteiger partial charge in [-0.15, -0.1) is 0 Å². The fourth-order valence-corrected chi connectivity index (χ4v) is 3.35. The van der Waals surface area contributed by atoms with Crippen LogP contribution in [0.3, 0.4) is 0 Å². The van der Waals surface area contributed by atoms with Crippen LogP contribution in [0.15, 0.2) is 77.9 Å². The summed E-state index contributed by atoms with van der Waals surface area (Å²) >= 11 is 0. The number of rotatable bonds is 4. The Balaban J connectivity index is 1.71. The van der Waals surface area contributed by atoms with E-state index in [1.54, 1.807) is 24.5 Å². The molecule has 0 aliphatic carbocycles. The molecule has 1 aromatic heterocycles. The molecule has 1 aliphatic heterocycles. The third kappa shape index (κ3) is 3.34. The second-order valence-corrected chi connectivity index (χ2v) is 6.69. The summed E-state index contributed by atoms with van der Waals surface area (Å²) in [5.41, 5.74) is 3.59. The summed E-state index contributed by atoms with van der Waals surface area (Å²) in [5.74, 6) is -1.21. The van der Waals surface area contributed by atoms with E-state index in [2.05, 4.69) is 9.98 Å². The van der Waals surface area contributed by atoms with Gasteiger partial charge in [0.15, 0.2) is 0 Å². The number of benzene rings is 2. The lowest BCUT2D eigenvalue weighted by Gasteiger charge is -2.31. The molecular formula is C23H19N3O2. The van der Waals surface area contributed by atoms with Crippen molar-refractivity contribution in [3.8, 4) is 0 Å². The van der Waals surface area contributed by atoms with Crippen molar-refractivity contribution in [2.75, 3.05) is 4.90 Å². The fourth-order valence-electron chi connectivity index (χ4n) is 3.35. The van der Waals surface area contributed by atoms with Gasteiger partial charge in [0.2, 0.25) is 5.91 Å². The van der Waals surface area contributed by atoms with Crippen molar-refractivity contribution >= 4 is 23.7 Å². The molecule has 0 bridgehead atoms. The van der Waals surface area contributed by atoms with Crippen LogP contribution >= 0.6 is 0 Å². The fraction of sp³-hybridized carbons (Fsp3) is 0.130. The molecular weight excluding hydrogens is 350 g/mol. The van der Waals surface area contributed by atoms with Gasteiger partial charge >= 0.3 is 0 Å². The number of hydrogen-bond acceptors (Lipinski definition) is 4. The molecule has 0 saturated carbocycles. The number of fused-ring (bicyclic) bond motifs is 1. The number of amides is 2. The first kappa shape index (κ1) is 17.8. The highest BCUT2D eigenvalue weighted by Crippen LogP contribution is 2.32. The van der Waals surface area contributed by atoms with E-state index in [0.717, 1.165) is 11.3 Å². The van der Waals surface area contributed by atoms with Gasteiger partial charge in [0.05, 0.1) is 23.8 Å². The van der Waals surface area contributed by atoms with Gasteiger partial charge in [0.1, 0.15) is 0 Å². The summed E-state index contributed by atoms with van der Waals surface area (Å²) in [4.78, 5) is 36.2. The maximum Gasteiger partial charge on any atom is 0.265 e. The van der Waals surface area contributed by atoms with Crippen molar-refractivity contribution in [3.05, 3.63) is 95.3 Å². The van der Waals surface area contributed by atoms with Crippen LogP contribution in [0.1, 0.15) is 33.1 Å². The maximum absolute atomic E-state index is 13.3. The van der Waals surface area contributed by atoms with Crippen LogP contribution < -0.4 is 4.90 Å². The largest absolute Gasteiger partial charge is 0.290 e. The van der Waals surface area contributed by atoms with Crippen LogP contribution in [-0.2, 0) is 11.3 Å². The summed E-state index contributed by atoms with van der Waals surface area (Å²) in [6, 6.07) is 20.2. The van der Waals surface area contributed by atoms with Crippen molar-refractivity contribution in [2.45, 2.75) is 19.4 Å². The zero-order chi connectivity index (χ0) is 19.5. The normalized spacial score (nSPS) is 16.5. The van der Waals surface area contributed by atoms with Crippen molar-refractivity contribution in [2.24, 2.45) is 4.99 Å². The molecule has 0 spiro atoms. The Labute approximate surface area is 163 Å². The standard InChI is InChI=1S/C23H19N3O2/c1-16-7-6-9-18(13-16)26-22(27)20-11-3-2-10-19(20)21(23(26)28)15-24-14-17-8-4-5-12-25-17/h2-13,15,21H,14H2,1H3/t21-/m0/s1. The highest BCUT2D eigenvalue weighted by atomic mass is 16.2. The number of hydrogen-bond donors (Lipinski definition) is 0. The first-order valence-corrected chi connectivity index (χ1v) is 9.09. The predicted molar refractivity (Wildman–Crippen MR) is 109 cm³/mol. The third-order valence-corrected chi connectivity index (χ3v) is 4.71. The molecule has 2 amide bonds. The third-order valence-electron chi connectivity index (χ3n) is 4.71. The Kier molecular flexibility index (Phi) is 4.81. The first-order valence-electron chi connectivity index (χ1n) is 9.09. The SMILES string of the molecule is Cc1cccc(N2C(=O)c3ccccc3[C@H](C=NCc3ccccn3)C2=O)c1. The van der Waals surface area contributed by atoms with Crippen molar-refractivity contribution in [1.82, 2.24) is 4.98 Å². The highest BCUT2D eigenvalue weighted by molar-refractivity contribution is 6.29. The number of nitrogens with zero attached hydrogens (tertiary/aromatic N) is 3. The summed E-state index contributed by atoms with van der Waals surface area (Å²) in [7, 11) is 0. The number of carbonyl (C=O) groups excluding carboxylic acids is 2. The maximum atomic E-state index is 13.3. The second kappa shape index (κ2) is 7.56. The second-order valence-electron chi connectivity index (χ2n) is 6.69. The van der Waals surface area contributed by atoms with Gasteiger partial charge in [0, 0.05) is 18.0 Å². The zero-order valence-corrected chi connectivity index (χ0v) is 15.4. The molecule has 0 fully saturated rings. The smallest absolute Gasteiger partial charge is 0.265 e. The number of carbonyl (C=O) groups is 2. The molecule has 5 nitrogen and oxygen atoms in total. The average molecular weight is 369 g/mol. The Hall–Kier alpha value is -3.60. The molecule has 0 unspecified atom stereocenters. The minimum atomic E-state index is -0.613. The molecule has 1 aliphatic rings. The molecule has 0 N–H and O–H groups in total. The number of anilines is 1. The quantitative estimate of drug-likeness (QED) is 0.517. The van der Waals surface area contributed by atoms with Gasteiger partial charge in [-0.3, -0.25) is 19.6 Å². The van der Waals surface area contributed by atoms with Gasteiger partial charge in [-0.05, 0) is 48.4 Å². The van der Waals surface area contributed by atoms with Crippen LogP contribution in [0.4, 0.5) is 5.69 Å². The van der Waals surface area contributed by atoms with E-state index in [1.165, 1.54) is 4.90 Å². The van der Waals surface area contributed by atoms with E-state index in [9.17, 15) is 9.59 Å². The Bertz CT molecular complexity index is 1060. The van der Waals surface area contributed by atoms with Crippen molar-refractivity contribution < 1.29 is 9.59 Å². The lowest BCUT2D eigenvalue weighted by Crippen LogP contribution is -2.45. The topological polar surface area (TPSA) is 62.6 Å².